The summed E-state index contributed by atoms with van der Waals surface area (Å²) < 4.78 is 21.6. The highest BCUT2D eigenvalue weighted by Gasteiger charge is 2.52. The van der Waals surface area contributed by atoms with Gasteiger partial charge in [-0.25, -0.2) is 18.3 Å². The zero-order valence-corrected chi connectivity index (χ0v) is 69.5. The number of fused-ring (bicyclic) bond motifs is 27. The molecule has 0 aliphatic carbocycles. The second kappa shape index (κ2) is 23.3. The fraction of sp³-hybridized carbons (Fsp3) is 0.327. The third-order valence-electron chi connectivity index (χ3n) is 27.8. The summed E-state index contributed by atoms with van der Waals surface area (Å²) in [5.74, 6) is 5.27. The minimum Gasteiger partial charge on any atom is -0.217 e. The summed E-state index contributed by atoms with van der Waals surface area (Å²) in [6, 6.07) is 49.2. The molecule has 540 valence electrons. The summed E-state index contributed by atoms with van der Waals surface area (Å²) in [5.41, 5.74) is 43.0. The van der Waals surface area contributed by atoms with Crippen molar-refractivity contribution in [1.82, 2.24) is 17.6 Å². The van der Waals surface area contributed by atoms with Crippen LogP contribution < -0.4 is 18.3 Å². The lowest BCUT2D eigenvalue weighted by Gasteiger charge is -2.20. The van der Waals surface area contributed by atoms with Crippen molar-refractivity contribution in [3.05, 3.63) is 269 Å². The van der Waals surface area contributed by atoms with Crippen molar-refractivity contribution >= 4 is 75.8 Å². The summed E-state index contributed by atoms with van der Waals surface area (Å²) in [7, 11) is 0. The van der Waals surface area contributed by atoms with Crippen LogP contribution in [0.4, 0.5) is 0 Å². The van der Waals surface area contributed by atoms with Crippen LogP contribution in [-0.4, -0.2) is 17.6 Å². The SMILES string of the molecule is Cc1c(C)c(C)n2c(C)[n+]3c(c2c1C)-c1c(ccc2ccccc12)C3(C)C.Cc1c(C)c(C)n2c(C)[n+]3c(c2c1C)-c1cc2ccccc2cc1C3(C)C.Cc1c(C)c(C)n2c(C)[n+]3c(c2c1C)-c1ccc2ccccc2c1C3(C)C.Cc1c(C)c(C)n2c(C)[n+]3c(c2c1C)-c1sc2ccccc2c1C3(C)C. The predicted molar refractivity (Wildman–Crippen MR) is 448 cm³/mol. The van der Waals surface area contributed by atoms with Crippen LogP contribution in [-0.2, 0) is 22.2 Å². The van der Waals surface area contributed by atoms with Crippen LogP contribution in [0.3, 0.4) is 0 Å². The van der Waals surface area contributed by atoms with E-state index in [0.29, 0.717) is 0 Å². The lowest BCUT2D eigenvalue weighted by Crippen LogP contribution is -2.52. The molecule has 0 saturated heterocycles. The van der Waals surface area contributed by atoms with Gasteiger partial charge in [-0.15, -0.1) is 11.3 Å². The van der Waals surface area contributed by atoms with E-state index < -0.39 is 0 Å². The molecule has 0 fully saturated rings. The molecule has 0 N–H and O–H groups in total. The Bertz CT molecular complexity index is 6640. The standard InChI is InChI=1S/3C25H27N2.C23H25N2S/c1-14-15(2)17(4)26-18(5)27-24(23(26)16(14)3)21-12-19-10-8-9-11-20(19)13-22(21)25(27,6)7;1-14-15(2)17(4)26-18(5)27-24(23(26)16(14)3)22-20-11-9-8-10-19(20)12-13-21(22)25(27,6)7;1-14-15(2)17(4)26-18(5)27-24(23(26)16(14)3)21-13-12-19-10-8-9-11-20(19)22(21)25(27,6)7;1-12-13(2)15(4)24-16(5)25-21(20(24)14(12)3)22-19(23(25,6)7)17-10-8-9-11-18(17)26-22/h3*8-13H,1-7H3;8-11H,1-7H3/q4*+1. The Morgan fingerprint density at radius 2 is 0.617 bits per heavy atom. The first-order valence-corrected chi connectivity index (χ1v) is 39.6. The van der Waals surface area contributed by atoms with Crippen molar-refractivity contribution in [2.45, 2.75) is 216 Å². The topological polar surface area (TPSA) is 33.2 Å². The summed E-state index contributed by atoms with van der Waals surface area (Å²) in [6.45, 7) is 64.2. The highest BCUT2D eigenvalue weighted by atomic mass is 32.1. The molecule has 9 aromatic heterocycles. The molecular weight excluding hydrogens is 1320 g/mol. The van der Waals surface area contributed by atoms with Crippen molar-refractivity contribution in [2.75, 3.05) is 0 Å². The highest BCUT2D eigenvalue weighted by Crippen LogP contribution is 2.53. The summed E-state index contributed by atoms with van der Waals surface area (Å²) >= 11 is 1.95. The summed E-state index contributed by atoms with van der Waals surface area (Å²) in [5, 5.41) is 9.43. The normalized spacial score (nSPS) is 14.8. The average molecular weight is 1430 g/mol. The monoisotopic (exact) mass is 1430 g/mol. The lowest BCUT2D eigenvalue weighted by atomic mass is 9.87. The number of imidazole rings is 4. The van der Waals surface area contributed by atoms with Gasteiger partial charge in [0.1, 0.15) is 44.9 Å². The molecular formula is C98H106N8S+4. The van der Waals surface area contributed by atoms with Crippen LogP contribution in [0.15, 0.2) is 133 Å². The van der Waals surface area contributed by atoms with Crippen LogP contribution in [0.1, 0.15) is 190 Å². The van der Waals surface area contributed by atoms with Gasteiger partial charge < -0.3 is 0 Å². The molecule has 20 rings (SSSR count). The van der Waals surface area contributed by atoms with Crippen molar-refractivity contribution in [3.63, 3.8) is 0 Å². The predicted octanol–water partition coefficient (Wildman–Crippen LogP) is 22.8. The molecule has 9 heteroatoms. The summed E-state index contributed by atoms with van der Waals surface area (Å²) in [6.07, 6.45) is 0. The lowest BCUT2D eigenvalue weighted by molar-refractivity contribution is -0.736. The summed E-state index contributed by atoms with van der Waals surface area (Å²) in [4.78, 5) is 1.45. The fourth-order valence-electron chi connectivity index (χ4n) is 21.2. The van der Waals surface area contributed by atoms with E-state index in [1.54, 1.807) is 0 Å². The van der Waals surface area contributed by atoms with E-state index in [4.69, 9.17) is 0 Å². The zero-order valence-electron chi connectivity index (χ0n) is 68.7. The number of pyridine rings is 4. The van der Waals surface area contributed by atoms with Gasteiger partial charge >= 0.3 is 0 Å². The molecule has 8 nitrogen and oxygen atoms in total. The molecule has 107 heavy (non-hydrogen) atoms. The smallest absolute Gasteiger partial charge is 0.217 e. The van der Waals surface area contributed by atoms with E-state index >= 15 is 0 Å². The Kier molecular flexibility index (Phi) is 15.2. The molecule has 4 aliphatic heterocycles. The molecule has 4 aliphatic rings. The van der Waals surface area contributed by atoms with Crippen molar-refractivity contribution in [1.29, 1.82) is 0 Å². The van der Waals surface area contributed by atoms with Crippen LogP contribution in [0.25, 0.3) is 109 Å². The van der Waals surface area contributed by atoms with Gasteiger partial charge in [0.2, 0.25) is 0 Å². The number of aryl methyl sites for hydroxylation is 12. The fourth-order valence-corrected chi connectivity index (χ4v) is 22.6. The van der Waals surface area contributed by atoms with Crippen molar-refractivity contribution < 1.29 is 18.3 Å². The van der Waals surface area contributed by atoms with E-state index in [-0.39, 0.29) is 22.2 Å². The second-order valence-electron chi connectivity index (χ2n) is 34.2. The number of nitrogens with zero attached hydrogens (tertiary/aromatic N) is 8. The number of benzene rings is 7. The number of aromatic nitrogens is 8. The zero-order chi connectivity index (χ0) is 76.3. The largest absolute Gasteiger partial charge is 0.259 e. The Morgan fingerprint density at radius 3 is 1.11 bits per heavy atom. The molecule has 13 heterocycles. The number of hydrogen-bond acceptors (Lipinski definition) is 1. The highest BCUT2D eigenvalue weighted by molar-refractivity contribution is 7.22. The molecule has 0 radical (unpaired) electrons. The third kappa shape index (κ3) is 8.95. The van der Waals surface area contributed by atoms with Crippen LogP contribution in [0, 0.1) is 138 Å². The molecule has 0 spiro atoms. The Labute approximate surface area is 636 Å². The van der Waals surface area contributed by atoms with Gasteiger partial charge in [-0.1, -0.05) is 109 Å². The second-order valence-corrected chi connectivity index (χ2v) is 35.3. The minimum atomic E-state index is -0.0810. The Morgan fingerprint density at radius 1 is 0.271 bits per heavy atom. The quantitative estimate of drug-likeness (QED) is 0.136. The maximum Gasteiger partial charge on any atom is 0.259 e. The van der Waals surface area contributed by atoms with Crippen molar-refractivity contribution in [3.8, 4) is 44.3 Å². The van der Waals surface area contributed by atoms with Gasteiger partial charge in [-0.2, -0.15) is 17.6 Å². The maximum atomic E-state index is 2.58. The molecule has 0 amide bonds. The Balaban J connectivity index is 0.000000105. The molecule has 0 bridgehead atoms. The first-order valence-electron chi connectivity index (χ1n) is 38.8. The van der Waals surface area contributed by atoms with Gasteiger partial charge in [-0.05, 0) is 267 Å². The van der Waals surface area contributed by atoms with Crippen LogP contribution in [0.2, 0.25) is 0 Å². The Hall–Kier alpha value is -9.96. The van der Waals surface area contributed by atoms with Gasteiger partial charge in [-0.3, -0.25) is 0 Å². The van der Waals surface area contributed by atoms with Gasteiger partial charge in [0, 0.05) is 99.0 Å². The van der Waals surface area contributed by atoms with Gasteiger partial charge in [0.25, 0.3) is 23.3 Å². The molecule has 7 aromatic carbocycles. The first-order chi connectivity index (χ1) is 50.5. The van der Waals surface area contributed by atoms with Crippen LogP contribution in [0.5, 0.6) is 0 Å². The molecule has 16 aromatic rings. The van der Waals surface area contributed by atoms with E-state index in [9.17, 15) is 0 Å². The number of rotatable bonds is 0. The van der Waals surface area contributed by atoms with Crippen LogP contribution >= 0.6 is 11.3 Å². The van der Waals surface area contributed by atoms with E-state index in [0.717, 1.165) is 0 Å². The van der Waals surface area contributed by atoms with E-state index in [1.807, 2.05) is 11.3 Å². The van der Waals surface area contributed by atoms with E-state index in [1.165, 1.54) is 244 Å². The minimum absolute atomic E-state index is 0.0406. The average Bonchev–Trinajstić information content (AvgIpc) is 1.54. The number of thiophene rings is 1. The third-order valence-corrected chi connectivity index (χ3v) is 29.0. The first kappa shape index (κ1) is 70.0. The van der Waals surface area contributed by atoms with Gasteiger partial charge in [0.15, 0.2) is 44.8 Å². The molecule has 0 unspecified atom stereocenters. The van der Waals surface area contributed by atoms with Gasteiger partial charge in [0.05, 0.1) is 4.88 Å². The molecule has 0 atom stereocenters. The maximum absolute atomic E-state index is 2.58. The van der Waals surface area contributed by atoms with E-state index in [2.05, 4.69) is 363 Å². The number of hydrogen-bond donors (Lipinski definition) is 0. The molecule has 0 saturated carbocycles. The van der Waals surface area contributed by atoms with Crippen molar-refractivity contribution in [2.24, 2.45) is 0 Å².